The lowest BCUT2D eigenvalue weighted by atomic mass is 10.0. The van der Waals surface area contributed by atoms with E-state index in [0.29, 0.717) is 0 Å². The molecular weight excluding hydrogens is 296 g/mol. The molecule has 1 atom stereocenters. The van der Waals surface area contributed by atoms with Gasteiger partial charge in [0.05, 0.1) is 0 Å². The molecule has 22 heavy (non-hydrogen) atoms. The SMILES string of the molecule is CCCCCCCCCCCCCCCC(=O)[C@H](O)C(=O)S. The van der Waals surface area contributed by atoms with Crippen LogP contribution in [0.5, 0.6) is 0 Å². The quantitative estimate of drug-likeness (QED) is 0.241. The molecule has 0 aromatic carbocycles. The van der Waals surface area contributed by atoms with Gasteiger partial charge in [-0.1, -0.05) is 84.0 Å². The number of aliphatic hydroxyl groups is 1. The van der Waals surface area contributed by atoms with Crippen LogP contribution in [0.15, 0.2) is 0 Å². The van der Waals surface area contributed by atoms with Gasteiger partial charge in [0.1, 0.15) is 0 Å². The van der Waals surface area contributed by atoms with E-state index in [1.54, 1.807) is 0 Å². The predicted molar refractivity (Wildman–Crippen MR) is 95.3 cm³/mol. The van der Waals surface area contributed by atoms with Crippen molar-refractivity contribution in [1.29, 1.82) is 0 Å². The predicted octanol–water partition coefficient (Wildman–Crippen LogP) is 4.85. The smallest absolute Gasteiger partial charge is 0.222 e. The highest BCUT2D eigenvalue weighted by molar-refractivity contribution is 7.96. The number of Topliss-reactive ketones (excluding diaryl/α,β-unsaturated/α-hetero) is 1. The zero-order chi connectivity index (χ0) is 16.6. The van der Waals surface area contributed by atoms with Gasteiger partial charge in [-0.3, -0.25) is 9.59 Å². The summed E-state index contributed by atoms with van der Waals surface area (Å²) in [7, 11) is 0. The van der Waals surface area contributed by atoms with Gasteiger partial charge in [0.2, 0.25) is 5.12 Å². The van der Waals surface area contributed by atoms with Crippen LogP contribution >= 0.6 is 12.6 Å². The van der Waals surface area contributed by atoms with Crippen LogP contribution in [0.2, 0.25) is 0 Å². The van der Waals surface area contributed by atoms with E-state index in [2.05, 4.69) is 19.6 Å². The second-order valence-electron chi connectivity index (χ2n) is 6.20. The van der Waals surface area contributed by atoms with Gasteiger partial charge >= 0.3 is 0 Å². The molecule has 3 nitrogen and oxygen atoms in total. The number of ketones is 1. The Balaban J connectivity index is 3.21. The highest BCUT2D eigenvalue weighted by atomic mass is 32.1. The van der Waals surface area contributed by atoms with E-state index in [0.717, 1.165) is 19.3 Å². The summed E-state index contributed by atoms with van der Waals surface area (Å²) in [6.07, 6.45) is 15.0. The van der Waals surface area contributed by atoms with Crippen LogP contribution in [0.25, 0.3) is 0 Å². The molecule has 0 bridgehead atoms. The summed E-state index contributed by atoms with van der Waals surface area (Å²) in [5.41, 5.74) is 0. The Morgan fingerprint density at radius 2 is 1.14 bits per heavy atom. The van der Waals surface area contributed by atoms with Gasteiger partial charge in [-0.2, -0.15) is 0 Å². The third-order valence-electron chi connectivity index (χ3n) is 4.07. The van der Waals surface area contributed by atoms with Gasteiger partial charge in [-0.05, 0) is 6.42 Å². The molecule has 130 valence electrons. The summed E-state index contributed by atoms with van der Waals surface area (Å²) in [5, 5.41) is 8.46. The van der Waals surface area contributed by atoms with Crippen molar-refractivity contribution in [3.05, 3.63) is 0 Å². The maximum Gasteiger partial charge on any atom is 0.222 e. The van der Waals surface area contributed by atoms with E-state index < -0.39 is 17.0 Å². The number of carbonyl (C=O) groups excluding carboxylic acids is 2. The molecule has 1 N–H and O–H groups in total. The third-order valence-corrected chi connectivity index (χ3v) is 4.31. The average Bonchev–Trinajstić information content (AvgIpc) is 2.50. The summed E-state index contributed by atoms with van der Waals surface area (Å²) in [6, 6.07) is 0. The first-order valence-corrected chi connectivity index (χ1v) is 9.48. The lowest BCUT2D eigenvalue weighted by Crippen LogP contribution is -2.26. The molecule has 0 saturated heterocycles. The van der Waals surface area contributed by atoms with Crippen LogP contribution in [0.4, 0.5) is 0 Å². The van der Waals surface area contributed by atoms with Gasteiger partial charge in [-0.15, -0.1) is 12.6 Å². The summed E-state index contributed by atoms with van der Waals surface area (Å²) < 4.78 is 0. The molecule has 0 aliphatic heterocycles. The van der Waals surface area contributed by atoms with Gasteiger partial charge in [0.15, 0.2) is 11.9 Å². The van der Waals surface area contributed by atoms with Crippen molar-refractivity contribution in [2.24, 2.45) is 0 Å². The fourth-order valence-corrected chi connectivity index (χ4v) is 2.74. The highest BCUT2D eigenvalue weighted by Crippen LogP contribution is 2.13. The Hall–Kier alpha value is -0.350. The largest absolute Gasteiger partial charge is 0.377 e. The normalized spacial score (nSPS) is 12.3. The molecule has 0 amide bonds. The standard InChI is InChI=1S/C18H34O3S/c1-2-3-4-5-6-7-8-9-10-11-12-13-14-15-16(19)17(20)18(21)22/h17,20H,2-15H2,1H3,(H,21,22)/t17-/m0/s1. The van der Waals surface area contributed by atoms with Crippen LogP contribution in [0.1, 0.15) is 96.8 Å². The number of hydrogen-bond acceptors (Lipinski definition) is 3. The lowest BCUT2D eigenvalue weighted by molar-refractivity contribution is -0.133. The molecular formula is C18H34O3S. The number of unbranched alkanes of at least 4 members (excludes halogenated alkanes) is 12. The molecule has 0 spiro atoms. The number of rotatable bonds is 16. The molecule has 0 aromatic heterocycles. The number of aliphatic hydroxyl groups excluding tert-OH is 1. The molecule has 0 aliphatic carbocycles. The van der Waals surface area contributed by atoms with Crippen LogP contribution < -0.4 is 0 Å². The minimum absolute atomic E-state index is 0.283. The van der Waals surface area contributed by atoms with Crippen molar-refractivity contribution in [2.75, 3.05) is 0 Å². The van der Waals surface area contributed by atoms with Crippen molar-refractivity contribution < 1.29 is 14.7 Å². The number of thiol groups is 1. The van der Waals surface area contributed by atoms with Crippen LogP contribution in [-0.4, -0.2) is 22.1 Å². The molecule has 0 radical (unpaired) electrons. The first kappa shape index (κ1) is 21.6. The van der Waals surface area contributed by atoms with Gasteiger partial charge < -0.3 is 5.11 Å². The van der Waals surface area contributed by atoms with E-state index in [-0.39, 0.29) is 6.42 Å². The van der Waals surface area contributed by atoms with Crippen molar-refractivity contribution in [1.82, 2.24) is 0 Å². The summed E-state index contributed by atoms with van der Waals surface area (Å²) in [4.78, 5) is 22.1. The minimum atomic E-state index is -1.53. The van der Waals surface area contributed by atoms with Gasteiger partial charge in [-0.25, -0.2) is 0 Å². The van der Waals surface area contributed by atoms with Crippen LogP contribution in [0.3, 0.4) is 0 Å². The molecule has 0 saturated carbocycles. The fraction of sp³-hybridized carbons (Fsp3) is 0.889. The van der Waals surface area contributed by atoms with Crippen molar-refractivity contribution >= 4 is 23.5 Å². The van der Waals surface area contributed by atoms with Gasteiger partial charge in [0, 0.05) is 6.42 Å². The second-order valence-corrected chi connectivity index (χ2v) is 6.64. The zero-order valence-electron chi connectivity index (χ0n) is 14.2. The monoisotopic (exact) mass is 330 g/mol. The van der Waals surface area contributed by atoms with E-state index in [1.165, 1.54) is 64.2 Å². The van der Waals surface area contributed by atoms with Crippen molar-refractivity contribution in [2.45, 2.75) is 103 Å². The summed E-state index contributed by atoms with van der Waals surface area (Å²) in [5.74, 6) is -0.400. The maximum absolute atomic E-state index is 11.4. The molecule has 0 heterocycles. The topological polar surface area (TPSA) is 54.4 Å². The average molecular weight is 331 g/mol. The first-order valence-electron chi connectivity index (χ1n) is 9.03. The Kier molecular flexibility index (Phi) is 15.3. The Morgan fingerprint density at radius 1 is 0.773 bits per heavy atom. The molecule has 0 rings (SSSR count). The number of hydrogen-bond donors (Lipinski definition) is 2. The van der Waals surface area contributed by atoms with E-state index >= 15 is 0 Å². The molecule has 4 heteroatoms. The van der Waals surface area contributed by atoms with E-state index in [4.69, 9.17) is 0 Å². The van der Waals surface area contributed by atoms with Crippen molar-refractivity contribution in [3.8, 4) is 0 Å². The lowest BCUT2D eigenvalue weighted by Gasteiger charge is -2.05. The highest BCUT2D eigenvalue weighted by Gasteiger charge is 2.19. The van der Waals surface area contributed by atoms with Gasteiger partial charge in [0.25, 0.3) is 0 Å². The fourth-order valence-electron chi connectivity index (χ4n) is 2.59. The molecule has 0 fully saturated rings. The third kappa shape index (κ3) is 13.3. The number of carbonyl (C=O) groups is 2. The van der Waals surface area contributed by atoms with E-state index in [9.17, 15) is 14.7 Å². The molecule has 0 aliphatic rings. The first-order chi connectivity index (χ1) is 10.6. The second kappa shape index (κ2) is 15.5. The van der Waals surface area contributed by atoms with Crippen molar-refractivity contribution in [3.63, 3.8) is 0 Å². The van der Waals surface area contributed by atoms with Crippen LogP contribution in [0, 0.1) is 0 Å². The van der Waals surface area contributed by atoms with Crippen LogP contribution in [-0.2, 0) is 9.59 Å². The Labute approximate surface area is 141 Å². The maximum atomic E-state index is 11.4. The Morgan fingerprint density at radius 3 is 1.50 bits per heavy atom. The minimum Gasteiger partial charge on any atom is -0.377 e. The summed E-state index contributed by atoms with van der Waals surface area (Å²) >= 11 is 3.47. The zero-order valence-corrected chi connectivity index (χ0v) is 15.1. The molecule has 0 aromatic rings. The molecule has 0 unspecified atom stereocenters. The van der Waals surface area contributed by atoms with E-state index in [1.807, 2.05) is 0 Å². The Bertz CT molecular complexity index is 292. The summed E-state index contributed by atoms with van der Waals surface area (Å²) in [6.45, 7) is 2.25.